The molecule has 3 aromatic rings. The van der Waals surface area contributed by atoms with E-state index in [1.165, 1.54) is 0 Å². The molecule has 0 unspecified atom stereocenters. The van der Waals surface area contributed by atoms with E-state index < -0.39 is 0 Å². The van der Waals surface area contributed by atoms with Crippen molar-refractivity contribution in [2.45, 2.75) is 6.67 Å². The van der Waals surface area contributed by atoms with Crippen LogP contribution in [0.1, 0.15) is 0 Å². The molecule has 1 aliphatic rings. The number of nitrogens with zero attached hydrogens (tertiary/aromatic N) is 6. The maximum atomic E-state index is 4.64. The van der Waals surface area contributed by atoms with Crippen molar-refractivity contribution in [3.8, 4) is 10.7 Å². The SMILES string of the molecule is CSCN1Cn2cnc(-c3nc4ccccc4s3)c2N=N1. The van der Waals surface area contributed by atoms with Crippen LogP contribution in [0.2, 0.25) is 0 Å². The third kappa shape index (κ3) is 2.20. The van der Waals surface area contributed by atoms with Gasteiger partial charge >= 0.3 is 0 Å². The van der Waals surface area contributed by atoms with Gasteiger partial charge in [-0.05, 0) is 18.4 Å². The predicted octanol–water partition coefficient (Wildman–Crippen LogP) is 3.75. The molecule has 0 bridgehead atoms. The zero-order chi connectivity index (χ0) is 14.2. The summed E-state index contributed by atoms with van der Waals surface area (Å²) in [4.78, 5) is 9.12. The van der Waals surface area contributed by atoms with Gasteiger partial charge in [-0.1, -0.05) is 17.4 Å². The van der Waals surface area contributed by atoms with Crippen LogP contribution in [0, 0.1) is 0 Å². The Labute approximate surface area is 129 Å². The van der Waals surface area contributed by atoms with Gasteiger partial charge in [0.1, 0.15) is 17.4 Å². The summed E-state index contributed by atoms with van der Waals surface area (Å²) in [6.07, 6.45) is 3.85. The van der Waals surface area contributed by atoms with Crippen molar-refractivity contribution in [1.82, 2.24) is 19.5 Å². The lowest BCUT2D eigenvalue weighted by molar-refractivity contribution is 0.237. The number of aromatic nitrogens is 3. The first-order valence-corrected chi connectivity index (χ1v) is 8.63. The minimum Gasteiger partial charge on any atom is -0.293 e. The number of para-hydroxylation sites is 1. The van der Waals surface area contributed by atoms with Crippen LogP contribution in [0.4, 0.5) is 5.82 Å². The number of rotatable bonds is 3. The second-order valence-electron chi connectivity index (χ2n) is 4.63. The topological polar surface area (TPSA) is 58.7 Å². The van der Waals surface area contributed by atoms with E-state index in [1.54, 1.807) is 23.1 Å². The fourth-order valence-electron chi connectivity index (χ4n) is 2.23. The second-order valence-corrected chi connectivity index (χ2v) is 6.49. The predicted molar refractivity (Wildman–Crippen MR) is 85.6 cm³/mol. The summed E-state index contributed by atoms with van der Waals surface area (Å²) < 4.78 is 3.16. The van der Waals surface area contributed by atoms with E-state index in [4.69, 9.17) is 0 Å². The van der Waals surface area contributed by atoms with Crippen LogP contribution in [-0.4, -0.2) is 31.7 Å². The average Bonchev–Trinajstić information content (AvgIpc) is 3.10. The molecule has 0 aliphatic carbocycles. The third-order valence-corrected chi connectivity index (χ3v) is 4.77. The summed E-state index contributed by atoms with van der Waals surface area (Å²) in [5.74, 6) is 1.60. The van der Waals surface area contributed by atoms with Crippen molar-refractivity contribution in [2.24, 2.45) is 10.3 Å². The van der Waals surface area contributed by atoms with Crippen LogP contribution >= 0.6 is 23.1 Å². The van der Waals surface area contributed by atoms with Crippen LogP contribution in [0.25, 0.3) is 20.9 Å². The van der Waals surface area contributed by atoms with Gasteiger partial charge in [0.2, 0.25) is 0 Å². The van der Waals surface area contributed by atoms with Gasteiger partial charge in [0.05, 0.1) is 22.4 Å². The van der Waals surface area contributed by atoms with Crippen LogP contribution in [-0.2, 0) is 6.67 Å². The normalized spacial score (nSPS) is 13.9. The summed E-state index contributed by atoms with van der Waals surface area (Å²) in [5, 5.41) is 11.3. The van der Waals surface area contributed by atoms with E-state index in [9.17, 15) is 0 Å². The van der Waals surface area contributed by atoms with Crippen LogP contribution in [0.15, 0.2) is 40.9 Å². The Morgan fingerprint density at radius 3 is 3.10 bits per heavy atom. The average molecular weight is 316 g/mol. The lowest BCUT2D eigenvalue weighted by atomic mass is 10.3. The zero-order valence-corrected chi connectivity index (χ0v) is 12.9. The molecule has 6 nitrogen and oxygen atoms in total. The standard InChI is InChI=1S/C13H12N6S2/c1-20-8-19-7-18-6-14-11(12(18)16-17-19)13-15-9-4-2-3-5-10(9)21-13/h2-6H,7-8H2,1H3. The van der Waals surface area contributed by atoms with E-state index in [0.717, 1.165) is 32.6 Å². The molecule has 3 heterocycles. The minimum absolute atomic E-state index is 0.678. The van der Waals surface area contributed by atoms with Crippen molar-refractivity contribution < 1.29 is 0 Å². The molecule has 0 amide bonds. The van der Waals surface area contributed by atoms with Crippen LogP contribution in [0.3, 0.4) is 0 Å². The number of thiazole rings is 1. The molecule has 0 radical (unpaired) electrons. The fourth-order valence-corrected chi connectivity index (χ4v) is 3.62. The van der Waals surface area contributed by atoms with E-state index in [-0.39, 0.29) is 0 Å². The number of fused-ring (bicyclic) bond motifs is 2. The first-order chi connectivity index (χ1) is 10.3. The smallest absolute Gasteiger partial charge is 0.188 e. The summed E-state index contributed by atoms with van der Waals surface area (Å²) in [6.45, 7) is 0.678. The molecule has 2 aromatic heterocycles. The first kappa shape index (κ1) is 12.8. The van der Waals surface area contributed by atoms with Crippen molar-refractivity contribution >= 4 is 39.1 Å². The highest BCUT2D eigenvalue weighted by atomic mass is 32.2. The number of hydrogen-bond donors (Lipinski definition) is 0. The van der Waals surface area contributed by atoms with E-state index in [0.29, 0.717) is 6.67 Å². The van der Waals surface area contributed by atoms with Gasteiger partial charge in [0.15, 0.2) is 5.82 Å². The Bertz CT molecular complexity index is 788. The quantitative estimate of drug-likeness (QED) is 0.738. The summed E-state index contributed by atoms with van der Waals surface area (Å²) >= 11 is 3.35. The molecule has 1 aliphatic heterocycles. The molecule has 0 N–H and O–H groups in total. The van der Waals surface area contributed by atoms with Crippen LogP contribution in [0.5, 0.6) is 0 Å². The molecular formula is C13H12N6S2. The van der Waals surface area contributed by atoms with Gasteiger partial charge < -0.3 is 0 Å². The number of benzene rings is 1. The Kier molecular flexibility index (Phi) is 3.12. The molecule has 0 saturated heterocycles. The van der Waals surface area contributed by atoms with Gasteiger partial charge in [0.25, 0.3) is 0 Å². The van der Waals surface area contributed by atoms with Crippen molar-refractivity contribution in [1.29, 1.82) is 0 Å². The highest BCUT2D eigenvalue weighted by Crippen LogP contribution is 2.36. The molecule has 106 valence electrons. The Morgan fingerprint density at radius 2 is 2.24 bits per heavy atom. The van der Waals surface area contributed by atoms with Crippen molar-refractivity contribution in [3.05, 3.63) is 30.6 Å². The van der Waals surface area contributed by atoms with Gasteiger partial charge in [-0.3, -0.25) is 4.57 Å². The molecule has 4 rings (SSSR count). The highest BCUT2D eigenvalue weighted by Gasteiger charge is 2.20. The summed E-state index contributed by atoms with van der Waals surface area (Å²) in [6, 6.07) is 8.10. The highest BCUT2D eigenvalue weighted by molar-refractivity contribution is 7.98. The van der Waals surface area contributed by atoms with Gasteiger partial charge in [-0.25, -0.2) is 15.0 Å². The molecule has 0 atom stereocenters. The number of thioether (sulfide) groups is 1. The van der Waals surface area contributed by atoms with Crippen LogP contribution < -0.4 is 0 Å². The lowest BCUT2D eigenvalue weighted by Gasteiger charge is -2.20. The summed E-state index contributed by atoms with van der Waals surface area (Å²) in [5.41, 5.74) is 1.81. The Morgan fingerprint density at radius 1 is 1.33 bits per heavy atom. The largest absolute Gasteiger partial charge is 0.293 e. The van der Waals surface area contributed by atoms with Gasteiger partial charge in [-0.15, -0.1) is 28.2 Å². The maximum absolute atomic E-state index is 4.64. The molecule has 21 heavy (non-hydrogen) atoms. The molecule has 8 heteroatoms. The van der Waals surface area contributed by atoms with E-state index in [1.807, 2.05) is 40.4 Å². The van der Waals surface area contributed by atoms with E-state index in [2.05, 4.69) is 26.4 Å². The second kappa shape index (κ2) is 5.12. The molecule has 0 saturated carbocycles. The van der Waals surface area contributed by atoms with E-state index >= 15 is 0 Å². The molecule has 0 spiro atoms. The first-order valence-electron chi connectivity index (χ1n) is 6.42. The zero-order valence-electron chi connectivity index (χ0n) is 11.3. The molecule has 1 aromatic carbocycles. The number of imidazole rings is 1. The third-order valence-electron chi connectivity index (χ3n) is 3.17. The van der Waals surface area contributed by atoms with Gasteiger partial charge in [0, 0.05) is 0 Å². The summed E-state index contributed by atoms with van der Waals surface area (Å²) in [7, 11) is 0. The molecular weight excluding hydrogens is 304 g/mol. The Balaban J connectivity index is 1.74. The minimum atomic E-state index is 0.678. The molecule has 0 fully saturated rings. The maximum Gasteiger partial charge on any atom is 0.188 e. The van der Waals surface area contributed by atoms with Gasteiger partial charge in [-0.2, -0.15) is 0 Å². The fraction of sp³-hybridized carbons (Fsp3) is 0.231. The lowest BCUT2D eigenvalue weighted by Crippen LogP contribution is -2.22. The van der Waals surface area contributed by atoms with Crippen molar-refractivity contribution in [2.75, 3.05) is 12.1 Å². The monoisotopic (exact) mass is 316 g/mol. The Hall–Kier alpha value is -1.93. The van der Waals surface area contributed by atoms with Crippen molar-refractivity contribution in [3.63, 3.8) is 0 Å². The number of hydrogen-bond acceptors (Lipinski definition) is 7.